The van der Waals surface area contributed by atoms with Gasteiger partial charge in [-0.05, 0) is 13.8 Å². The van der Waals surface area contributed by atoms with Crippen molar-refractivity contribution in [2.75, 3.05) is 38.7 Å². The zero-order chi connectivity index (χ0) is 13.4. The quantitative estimate of drug-likeness (QED) is 0.734. The third kappa shape index (κ3) is 3.96. The number of carbonyl (C=O) groups is 1. The van der Waals surface area contributed by atoms with Crippen LogP contribution in [0.4, 0.5) is 5.82 Å². The van der Waals surface area contributed by atoms with Crippen LogP contribution in [0.25, 0.3) is 0 Å². The number of rotatable bonds is 7. The second-order valence-corrected chi connectivity index (χ2v) is 3.68. The highest BCUT2D eigenvalue weighted by Crippen LogP contribution is 2.04. The lowest BCUT2D eigenvalue weighted by Crippen LogP contribution is -2.31. The Morgan fingerprint density at radius 3 is 2.56 bits per heavy atom. The van der Waals surface area contributed by atoms with E-state index in [1.54, 1.807) is 18.2 Å². The number of anilines is 1. The predicted molar refractivity (Wildman–Crippen MR) is 69.6 cm³/mol. The Balaban J connectivity index is 2.61. The molecule has 0 radical (unpaired) electrons. The summed E-state index contributed by atoms with van der Waals surface area (Å²) >= 11 is 0. The minimum atomic E-state index is -0.0871. The number of carbonyl (C=O) groups excluding carboxylic acids is 1. The van der Waals surface area contributed by atoms with Crippen molar-refractivity contribution in [1.82, 2.24) is 14.9 Å². The van der Waals surface area contributed by atoms with Crippen LogP contribution in [0.15, 0.2) is 12.4 Å². The highest BCUT2D eigenvalue weighted by molar-refractivity contribution is 5.92. The molecular weight excluding hydrogens is 232 g/mol. The van der Waals surface area contributed by atoms with Gasteiger partial charge in [0.2, 0.25) is 0 Å². The van der Waals surface area contributed by atoms with Crippen molar-refractivity contribution in [3.8, 4) is 0 Å². The molecule has 0 unspecified atom stereocenters. The lowest BCUT2D eigenvalue weighted by atomic mass is 10.3. The molecule has 6 nitrogen and oxygen atoms in total. The van der Waals surface area contributed by atoms with Crippen molar-refractivity contribution in [2.24, 2.45) is 0 Å². The first-order valence-electron chi connectivity index (χ1n) is 6.07. The standard InChI is InChI=1S/C12H20N4O2/c1-4-16(5-2)12(17)10-8-15-11(9-14-10)13-6-7-18-3/h8-9H,4-7H2,1-3H3,(H,13,15). The van der Waals surface area contributed by atoms with E-state index in [4.69, 9.17) is 4.74 Å². The molecule has 0 fully saturated rings. The first-order valence-corrected chi connectivity index (χ1v) is 6.07. The normalized spacial score (nSPS) is 10.2. The van der Waals surface area contributed by atoms with Gasteiger partial charge >= 0.3 is 0 Å². The monoisotopic (exact) mass is 252 g/mol. The average molecular weight is 252 g/mol. The summed E-state index contributed by atoms with van der Waals surface area (Å²) in [6.45, 7) is 6.48. The molecule has 1 aromatic heterocycles. The maximum Gasteiger partial charge on any atom is 0.274 e. The molecular formula is C12H20N4O2. The summed E-state index contributed by atoms with van der Waals surface area (Å²) in [4.78, 5) is 21.9. The topological polar surface area (TPSA) is 67.4 Å². The van der Waals surface area contributed by atoms with Crippen LogP contribution in [0.3, 0.4) is 0 Å². The van der Waals surface area contributed by atoms with Gasteiger partial charge in [0.1, 0.15) is 11.5 Å². The van der Waals surface area contributed by atoms with E-state index < -0.39 is 0 Å². The number of ether oxygens (including phenoxy) is 1. The summed E-state index contributed by atoms with van der Waals surface area (Å²) in [7, 11) is 1.64. The summed E-state index contributed by atoms with van der Waals surface area (Å²) in [5.74, 6) is 0.555. The summed E-state index contributed by atoms with van der Waals surface area (Å²) in [6, 6.07) is 0. The number of amides is 1. The van der Waals surface area contributed by atoms with Crippen molar-refractivity contribution in [1.29, 1.82) is 0 Å². The van der Waals surface area contributed by atoms with Crippen molar-refractivity contribution >= 4 is 11.7 Å². The SMILES string of the molecule is CCN(CC)C(=O)c1cnc(NCCOC)cn1. The number of methoxy groups -OCH3 is 1. The van der Waals surface area contributed by atoms with E-state index in [1.807, 2.05) is 13.8 Å². The molecule has 0 aliphatic carbocycles. The molecule has 1 N–H and O–H groups in total. The van der Waals surface area contributed by atoms with E-state index in [9.17, 15) is 4.79 Å². The molecule has 18 heavy (non-hydrogen) atoms. The molecule has 1 aromatic rings. The molecule has 1 rings (SSSR count). The maximum absolute atomic E-state index is 12.0. The Morgan fingerprint density at radius 1 is 1.33 bits per heavy atom. The van der Waals surface area contributed by atoms with E-state index in [1.165, 1.54) is 6.20 Å². The molecule has 0 spiro atoms. The highest BCUT2D eigenvalue weighted by atomic mass is 16.5. The fraction of sp³-hybridized carbons (Fsp3) is 0.583. The van der Waals surface area contributed by atoms with Crippen LogP contribution in [0.1, 0.15) is 24.3 Å². The van der Waals surface area contributed by atoms with Crippen LogP contribution in [0.2, 0.25) is 0 Å². The van der Waals surface area contributed by atoms with E-state index in [0.717, 1.165) is 0 Å². The highest BCUT2D eigenvalue weighted by Gasteiger charge is 2.13. The average Bonchev–Trinajstić information content (AvgIpc) is 2.41. The maximum atomic E-state index is 12.0. The van der Waals surface area contributed by atoms with Crippen LogP contribution in [0.5, 0.6) is 0 Å². The summed E-state index contributed by atoms with van der Waals surface area (Å²) in [5, 5.41) is 3.05. The largest absolute Gasteiger partial charge is 0.383 e. The van der Waals surface area contributed by atoms with Gasteiger partial charge in [-0.15, -0.1) is 0 Å². The lowest BCUT2D eigenvalue weighted by Gasteiger charge is -2.17. The van der Waals surface area contributed by atoms with Gasteiger partial charge in [-0.25, -0.2) is 9.97 Å². The van der Waals surface area contributed by atoms with E-state index in [2.05, 4.69) is 15.3 Å². The van der Waals surface area contributed by atoms with E-state index in [0.29, 0.717) is 37.8 Å². The first kappa shape index (κ1) is 14.4. The molecule has 1 heterocycles. The number of hydrogen-bond acceptors (Lipinski definition) is 5. The van der Waals surface area contributed by atoms with Gasteiger partial charge in [0.05, 0.1) is 19.0 Å². The van der Waals surface area contributed by atoms with Crippen molar-refractivity contribution < 1.29 is 9.53 Å². The van der Waals surface area contributed by atoms with Gasteiger partial charge < -0.3 is 15.0 Å². The van der Waals surface area contributed by atoms with Crippen LogP contribution >= 0.6 is 0 Å². The minimum absolute atomic E-state index is 0.0871. The van der Waals surface area contributed by atoms with Gasteiger partial charge in [-0.2, -0.15) is 0 Å². The number of nitrogens with one attached hydrogen (secondary N) is 1. The second kappa shape index (κ2) is 7.60. The molecule has 0 saturated heterocycles. The minimum Gasteiger partial charge on any atom is -0.383 e. The zero-order valence-electron chi connectivity index (χ0n) is 11.1. The Labute approximate surface area is 107 Å². The number of aromatic nitrogens is 2. The molecule has 0 bridgehead atoms. The Kier molecular flexibility index (Phi) is 6.07. The van der Waals surface area contributed by atoms with E-state index >= 15 is 0 Å². The molecule has 100 valence electrons. The molecule has 0 saturated carbocycles. The van der Waals surface area contributed by atoms with Crippen LogP contribution in [0, 0.1) is 0 Å². The Morgan fingerprint density at radius 2 is 2.06 bits per heavy atom. The third-order valence-corrected chi connectivity index (χ3v) is 2.53. The smallest absolute Gasteiger partial charge is 0.274 e. The second-order valence-electron chi connectivity index (χ2n) is 3.68. The molecule has 0 aliphatic rings. The predicted octanol–water partition coefficient (Wildman–Crippen LogP) is 1.02. The van der Waals surface area contributed by atoms with Gasteiger partial charge in [-0.1, -0.05) is 0 Å². The number of nitrogens with zero attached hydrogens (tertiary/aromatic N) is 3. The van der Waals surface area contributed by atoms with Crippen molar-refractivity contribution in [3.05, 3.63) is 18.1 Å². The molecule has 0 aromatic carbocycles. The fourth-order valence-corrected chi connectivity index (χ4v) is 1.48. The van der Waals surface area contributed by atoms with Gasteiger partial charge in [0, 0.05) is 26.7 Å². The van der Waals surface area contributed by atoms with Gasteiger partial charge in [0.25, 0.3) is 5.91 Å². The molecule has 0 aliphatic heterocycles. The summed E-state index contributed by atoms with van der Waals surface area (Å²) in [5.41, 5.74) is 0.371. The zero-order valence-corrected chi connectivity index (χ0v) is 11.1. The van der Waals surface area contributed by atoms with Gasteiger partial charge in [0.15, 0.2) is 0 Å². The molecule has 1 amide bonds. The first-order chi connectivity index (χ1) is 8.72. The van der Waals surface area contributed by atoms with Crippen LogP contribution < -0.4 is 5.32 Å². The summed E-state index contributed by atoms with van der Waals surface area (Å²) < 4.78 is 4.91. The summed E-state index contributed by atoms with van der Waals surface area (Å²) in [6.07, 6.45) is 3.06. The van der Waals surface area contributed by atoms with Crippen molar-refractivity contribution in [3.63, 3.8) is 0 Å². The fourth-order valence-electron chi connectivity index (χ4n) is 1.48. The van der Waals surface area contributed by atoms with Crippen LogP contribution in [-0.2, 0) is 4.74 Å². The van der Waals surface area contributed by atoms with E-state index in [-0.39, 0.29) is 5.91 Å². The Hall–Kier alpha value is -1.69. The Bertz CT molecular complexity index is 363. The number of hydrogen-bond donors (Lipinski definition) is 1. The molecule has 0 atom stereocenters. The van der Waals surface area contributed by atoms with Crippen LogP contribution in [-0.4, -0.2) is 54.1 Å². The third-order valence-electron chi connectivity index (χ3n) is 2.53. The van der Waals surface area contributed by atoms with Gasteiger partial charge in [-0.3, -0.25) is 4.79 Å². The molecule has 6 heteroatoms. The lowest BCUT2D eigenvalue weighted by molar-refractivity contribution is 0.0766. The van der Waals surface area contributed by atoms with Crippen molar-refractivity contribution in [2.45, 2.75) is 13.8 Å².